The maximum absolute atomic E-state index is 11.7. The first kappa shape index (κ1) is 14.2. The maximum Gasteiger partial charge on any atom is 0.251 e. The molecule has 0 unspecified atom stereocenters. The molecule has 1 aromatic rings. The largest absolute Gasteiger partial charge is 0.486 e. The fourth-order valence-corrected chi connectivity index (χ4v) is 1.21. The van der Waals surface area contributed by atoms with Crippen LogP contribution in [0.4, 0.5) is 0 Å². The monoisotopic (exact) mass is 249 g/mol. The van der Waals surface area contributed by atoms with E-state index in [9.17, 15) is 9.59 Å². The zero-order valence-corrected chi connectivity index (χ0v) is 11.2. The number of amides is 1. The molecule has 1 aromatic carbocycles. The number of hydrogen-bond acceptors (Lipinski definition) is 3. The molecule has 4 heteroatoms. The summed E-state index contributed by atoms with van der Waals surface area (Å²) in [6.07, 6.45) is 0. The minimum absolute atomic E-state index is 0.0397. The molecule has 4 nitrogen and oxygen atoms in total. The van der Waals surface area contributed by atoms with Gasteiger partial charge in [0, 0.05) is 18.0 Å². The fourth-order valence-electron chi connectivity index (χ4n) is 1.21. The molecule has 0 aliphatic heterocycles. The Balaban J connectivity index is 2.60. The molecule has 1 rings (SSSR count). The van der Waals surface area contributed by atoms with E-state index in [1.165, 1.54) is 0 Å². The van der Waals surface area contributed by atoms with Crippen molar-refractivity contribution in [2.24, 2.45) is 5.41 Å². The average Bonchev–Trinajstić information content (AvgIpc) is 2.34. The van der Waals surface area contributed by atoms with Crippen LogP contribution in [0.2, 0.25) is 0 Å². The van der Waals surface area contributed by atoms with Gasteiger partial charge < -0.3 is 10.1 Å². The van der Waals surface area contributed by atoms with Gasteiger partial charge in [-0.25, -0.2) is 0 Å². The molecule has 18 heavy (non-hydrogen) atoms. The second-order valence-corrected chi connectivity index (χ2v) is 5.07. The van der Waals surface area contributed by atoms with Crippen LogP contribution in [0.15, 0.2) is 24.3 Å². The Morgan fingerprint density at radius 1 is 1.17 bits per heavy atom. The van der Waals surface area contributed by atoms with Crippen molar-refractivity contribution >= 4 is 11.7 Å². The van der Waals surface area contributed by atoms with Crippen LogP contribution in [0.5, 0.6) is 5.75 Å². The summed E-state index contributed by atoms with van der Waals surface area (Å²) in [4.78, 5) is 23.0. The maximum atomic E-state index is 11.7. The van der Waals surface area contributed by atoms with Crippen molar-refractivity contribution in [3.05, 3.63) is 29.8 Å². The van der Waals surface area contributed by atoms with E-state index in [2.05, 4.69) is 5.32 Å². The van der Waals surface area contributed by atoms with E-state index in [1.54, 1.807) is 31.3 Å². The van der Waals surface area contributed by atoms with Gasteiger partial charge in [0.25, 0.3) is 5.91 Å². The van der Waals surface area contributed by atoms with Crippen LogP contribution >= 0.6 is 0 Å². The van der Waals surface area contributed by atoms with E-state index < -0.39 is 5.41 Å². The number of hydrogen-bond donors (Lipinski definition) is 1. The van der Waals surface area contributed by atoms with Crippen molar-refractivity contribution in [1.82, 2.24) is 5.32 Å². The normalized spacial score (nSPS) is 10.9. The number of ketones is 1. The molecule has 0 bridgehead atoms. The van der Waals surface area contributed by atoms with E-state index in [0.717, 1.165) is 0 Å². The van der Waals surface area contributed by atoms with Crippen molar-refractivity contribution in [2.75, 3.05) is 13.7 Å². The number of carbonyl (C=O) groups is 2. The Morgan fingerprint density at radius 2 is 1.72 bits per heavy atom. The zero-order valence-electron chi connectivity index (χ0n) is 11.2. The van der Waals surface area contributed by atoms with E-state index in [0.29, 0.717) is 11.3 Å². The molecule has 0 saturated heterocycles. The topological polar surface area (TPSA) is 55.4 Å². The van der Waals surface area contributed by atoms with Crippen molar-refractivity contribution < 1.29 is 14.3 Å². The highest BCUT2D eigenvalue weighted by atomic mass is 16.5. The fraction of sp³-hybridized carbons (Fsp3) is 0.429. The number of Topliss-reactive ketones (excluding diaryl/α,β-unsaturated/α-hetero) is 1. The van der Waals surface area contributed by atoms with Crippen LogP contribution in [0.3, 0.4) is 0 Å². The highest BCUT2D eigenvalue weighted by Gasteiger charge is 2.21. The summed E-state index contributed by atoms with van der Waals surface area (Å²) in [5.41, 5.74) is 0.161. The summed E-state index contributed by atoms with van der Waals surface area (Å²) in [7, 11) is 1.58. The van der Waals surface area contributed by atoms with Crippen molar-refractivity contribution in [3.8, 4) is 5.75 Å². The Hall–Kier alpha value is -1.84. The average molecular weight is 249 g/mol. The predicted molar refractivity (Wildman–Crippen MR) is 69.8 cm³/mol. The van der Waals surface area contributed by atoms with Crippen LogP contribution in [0.1, 0.15) is 31.1 Å². The summed E-state index contributed by atoms with van der Waals surface area (Å²) < 4.78 is 5.38. The standard InChI is InChI=1S/C14H19NO3/c1-14(2,3)12(16)9-18-11-7-5-10(6-8-11)13(17)15-4/h5-8H,9H2,1-4H3,(H,15,17). The van der Waals surface area contributed by atoms with Crippen LogP contribution in [-0.2, 0) is 4.79 Å². The molecular formula is C14H19NO3. The lowest BCUT2D eigenvalue weighted by Gasteiger charge is -2.16. The summed E-state index contributed by atoms with van der Waals surface area (Å²) in [6.45, 7) is 5.61. The number of benzene rings is 1. The summed E-state index contributed by atoms with van der Waals surface area (Å²) >= 11 is 0. The van der Waals surface area contributed by atoms with Gasteiger partial charge in [-0.3, -0.25) is 9.59 Å². The van der Waals surface area contributed by atoms with Crippen LogP contribution < -0.4 is 10.1 Å². The molecule has 0 saturated carbocycles. The summed E-state index contributed by atoms with van der Waals surface area (Å²) in [6, 6.07) is 6.69. The molecule has 0 fully saturated rings. The van der Waals surface area contributed by atoms with Gasteiger partial charge in [0.15, 0.2) is 5.78 Å². The first-order chi connectivity index (χ1) is 8.34. The lowest BCUT2D eigenvalue weighted by Crippen LogP contribution is -2.26. The Morgan fingerprint density at radius 3 is 2.17 bits per heavy atom. The van der Waals surface area contributed by atoms with E-state index >= 15 is 0 Å². The second-order valence-electron chi connectivity index (χ2n) is 5.07. The SMILES string of the molecule is CNC(=O)c1ccc(OCC(=O)C(C)(C)C)cc1. The van der Waals surface area contributed by atoms with Crippen molar-refractivity contribution in [1.29, 1.82) is 0 Å². The quantitative estimate of drug-likeness (QED) is 0.888. The third-order valence-electron chi connectivity index (χ3n) is 2.55. The highest BCUT2D eigenvalue weighted by molar-refractivity contribution is 5.94. The molecule has 0 radical (unpaired) electrons. The van der Waals surface area contributed by atoms with E-state index in [1.807, 2.05) is 20.8 Å². The van der Waals surface area contributed by atoms with E-state index in [-0.39, 0.29) is 18.3 Å². The van der Waals surface area contributed by atoms with Gasteiger partial charge in [0.1, 0.15) is 12.4 Å². The molecule has 98 valence electrons. The molecule has 1 amide bonds. The van der Waals surface area contributed by atoms with Crippen LogP contribution in [0, 0.1) is 5.41 Å². The minimum atomic E-state index is -0.401. The molecule has 0 aromatic heterocycles. The highest BCUT2D eigenvalue weighted by Crippen LogP contribution is 2.17. The predicted octanol–water partition coefficient (Wildman–Crippen LogP) is 2.04. The minimum Gasteiger partial charge on any atom is -0.486 e. The Bertz CT molecular complexity index is 429. The van der Waals surface area contributed by atoms with Crippen molar-refractivity contribution in [2.45, 2.75) is 20.8 Å². The number of ether oxygens (including phenoxy) is 1. The van der Waals surface area contributed by atoms with Gasteiger partial charge in [0.2, 0.25) is 0 Å². The second kappa shape index (κ2) is 5.67. The van der Waals surface area contributed by atoms with Crippen LogP contribution in [0.25, 0.3) is 0 Å². The third-order valence-corrected chi connectivity index (χ3v) is 2.55. The van der Waals surface area contributed by atoms with E-state index in [4.69, 9.17) is 4.74 Å². The number of carbonyl (C=O) groups excluding carboxylic acids is 2. The molecule has 0 aliphatic rings. The molecule has 0 heterocycles. The first-order valence-electron chi connectivity index (χ1n) is 5.83. The van der Waals surface area contributed by atoms with Gasteiger partial charge in [0.05, 0.1) is 0 Å². The molecule has 0 atom stereocenters. The van der Waals surface area contributed by atoms with Gasteiger partial charge in [-0.2, -0.15) is 0 Å². The van der Waals surface area contributed by atoms with Crippen molar-refractivity contribution in [3.63, 3.8) is 0 Å². The molecule has 0 aliphatic carbocycles. The summed E-state index contributed by atoms with van der Waals surface area (Å²) in [5.74, 6) is 0.477. The molecule has 0 spiro atoms. The number of nitrogens with one attached hydrogen (secondary N) is 1. The molecule has 1 N–H and O–H groups in total. The third kappa shape index (κ3) is 3.87. The lowest BCUT2D eigenvalue weighted by atomic mass is 9.91. The van der Waals surface area contributed by atoms with Gasteiger partial charge in [-0.05, 0) is 24.3 Å². The molecular weight excluding hydrogens is 230 g/mol. The van der Waals surface area contributed by atoms with Gasteiger partial charge in [-0.1, -0.05) is 20.8 Å². The summed E-state index contributed by atoms with van der Waals surface area (Å²) in [5, 5.41) is 2.54. The van der Waals surface area contributed by atoms with Crippen LogP contribution in [-0.4, -0.2) is 25.3 Å². The smallest absolute Gasteiger partial charge is 0.251 e. The van der Waals surface area contributed by atoms with Gasteiger partial charge >= 0.3 is 0 Å². The lowest BCUT2D eigenvalue weighted by molar-refractivity contribution is -0.128. The Labute approximate surface area is 107 Å². The number of rotatable bonds is 4. The first-order valence-corrected chi connectivity index (χ1v) is 5.83. The zero-order chi connectivity index (χ0) is 13.8. The van der Waals surface area contributed by atoms with Gasteiger partial charge in [-0.15, -0.1) is 0 Å². The Kier molecular flexibility index (Phi) is 4.48.